The molecular formula is C25H22FN3O3. The van der Waals surface area contributed by atoms with Crippen LogP contribution in [-0.2, 0) is 13.6 Å². The molecule has 0 saturated carbocycles. The van der Waals surface area contributed by atoms with Crippen molar-refractivity contribution in [2.75, 3.05) is 7.11 Å². The number of fused-ring (bicyclic) bond motifs is 1. The molecule has 0 unspecified atom stereocenters. The van der Waals surface area contributed by atoms with E-state index in [0.717, 1.165) is 11.1 Å². The molecule has 1 amide bonds. The van der Waals surface area contributed by atoms with Crippen LogP contribution in [0.15, 0.2) is 65.5 Å². The third-order valence-electron chi connectivity index (χ3n) is 5.32. The van der Waals surface area contributed by atoms with E-state index in [1.54, 1.807) is 31.3 Å². The topological polar surface area (TPSA) is 73.2 Å². The largest absolute Gasteiger partial charge is 0.495 e. The molecule has 0 aliphatic heterocycles. The summed E-state index contributed by atoms with van der Waals surface area (Å²) in [7, 11) is 3.00. The molecule has 4 aromatic rings. The molecule has 0 spiro atoms. The highest BCUT2D eigenvalue weighted by Gasteiger charge is 2.20. The number of nitrogens with one attached hydrogen (secondary N) is 1. The number of aryl methyl sites for hydroxylation is 1. The molecule has 32 heavy (non-hydrogen) atoms. The number of carbonyl (C=O) groups excluding carboxylic acids is 1. The first-order valence-corrected chi connectivity index (χ1v) is 10.1. The predicted octanol–water partition coefficient (Wildman–Crippen LogP) is 3.99. The van der Waals surface area contributed by atoms with Gasteiger partial charge in [0.1, 0.15) is 22.8 Å². The van der Waals surface area contributed by atoms with Gasteiger partial charge < -0.3 is 10.1 Å². The van der Waals surface area contributed by atoms with Gasteiger partial charge in [-0.15, -0.1) is 0 Å². The van der Waals surface area contributed by atoms with Crippen LogP contribution in [0.25, 0.3) is 22.3 Å². The zero-order valence-electron chi connectivity index (χ0n) is 18.0. The number of hydrogen-bond acceptors (Lipinski definition) is 4. The van der Waals surface area contributed by atoms with Gasteiger partial charge in [0, 0.05) is 19.2 Å². The maximum absolute atomic E-state index is 13.3. The highest BCUT2D eigenvalue weighted by molar-refractivity contribution is 6.03. The molecule has 1 N–H and O–H groups in total. The molecule has 1 heterocycles. The number of nitrogens with zero attached hydrogens (tertiary/aromatic N) is 2. The molecule has 0 atom stereocenters. The lowest BCUT2D eigenvalue weighted by molar-refractivity contribution is 0.0948. The Balaban J connectivity index is 1.73. The number of rotatable bonds is 5. The molecule has 162 valence electrons. The van der Waals surface area contributed by atoms with Crippen molar-refractivity contribution >= 4 is 16.8 Å². The van der Waals surface area contributed by atoms with Crippen LogP contribution in [0, 0.1) is 12.7 Å². The lowest BCUT2D eigenvalue weighted by atomic mass is 10.1. The summed E-state index contributed by atoms with van der Waals surface area (Å²) in [6, 6.07) is 16.8. The maximum Gasteiger partial charge on any atom is 0.265 e. The van der Waals surface area contributed by atoms with Crippen molar-refractivity contribution < 1.29 is 13.9 Å². The third-order valence-corrected chi connectivity index (χ3v) is 5.32. The summed E-state index contributed by atoms with van der Waals surface area (Å²) in [6.45, 7) is 2.35. The minimum atomic E-state index is -0.373. The van der Waals surface area contributed by atoms with Crippen LogP contribution in [0.3, 0.4) is 0 Å². The predicted molar refractivity (Wildman–Crippen MR) is 121 cm³/mol. The molecule has 0 radical (unpaired) electrons. The number of amides is 1. The Kier molecular flexibility index (Phi) is 5.73. The quantitative estimate of drug-likeness (QED) is 0.519. The fraction of sp³-hybridized carbons (Fsp3) is 0.160. The molecule has 7 heteroatoms. The normalized spacial score (nSPS) is 10.9. The SMILES string of the molecule is COc1c(C(=O)NCc2ccc(C)cc2)ccc2nc(-c3ccc(F)cc3)n(C)c(=O)c12. The second-order valence-corrected chi connectivity index (χ2v) is 7.52. The number of aromatic nitrogens is 2. The summed E-state index contributed by atoms with van der Waals surface area (Å²) < 4.78 is 20.1. The average Bonchev–Trinajstić information content (AvgIpc) is 2.80. The average molecular weight is 431 g/mol. The van der Waals surface area contributed by atoms with Crippen molar-refractivity contribution in [3.05, 3.63) is 93.5 Å². The molecule has 1 aromatic heterocycles. The number of halogens is 1. The molecular weight excluding hydrogens is 409 g/mol. The van der Waals surface area contributed by atoms with Gasteiger partial charge in [0.2, 0.25) is 0 Å². The fourth-order valence-corrected chi connectivity index (χ4v) is 3.56. The summed E-state index contributed by atoms with van der Waals surface area (Å²) in [5.74, 6) is -0.166. The second kappa shape index (κ2) is 8.63. The molecule has 0 bridgehead atoms. The molecule has 6 nitrogen and oxygen atoms in total. The second-order valence-electron chi connectivity index (χ2n) is 7.52. The van der Waals surface area contributed by atoms with Gasteiger partial charge in [0.15, 0.2) is 0 Å². The first-order valence-electron chi connectivity index (χ1n) is 10.1. The zero-order valence-corrected chi connectivity index (χ0v) is 18.0. The summed E-state index contributed by atoms with van der Waals surface area (Å²) in [4.78, 5) is 30.6. The van der Waals surface area contributed by atoms with Gasteiger partial charge in [-0.2, -0.15) is 0 Å². The van der Waals surface area contributed by atoms with Crippen molar-refractivity contribution in [2.24, 2.45) is 7.05 Å². The van der Waals surface area contributed by atoms with Crippen LogP contribution < -0.4 is 15.6 Å². The van der Waals surface area contributed by atoms with Crippen LogP contribution >= 0.6 is 0 Å². The standard InChI is InChI=1S/C25H22FN3O3/c1-15-4-6-16(7-5-15)14-27-24(30)19-12-13-20-21(22(19)32-3)25(31)29(2)23(28-20)17-8-10-18(26)11-9-17/h4-13H,14H2,1-3H3,(H,27,30). The van der Waals surface area contributed by atoms with Gasteiger partial charge in [-0.25, -0.2) is 9.37 Å². The van der Waals surface area contributed by atoms with Gasteiger partial charge >= 0.3 is 0 Å². The smallest absolute Gasteiger partial charge is 0.265 e. The fourth-order valence-electron chi connectivity index (χ4n) is 3.56. The van der Waals surface area contributed by atoms with Gasteiger partial charge in [-0.05, 0) is 48.9 Å². The highest BCUT2D eigenvalue weighted by atomic mass is 19.1. The van der Waals surface area contributed by atoms with E-state index in [1.165, 1.54) is 23.8 Å². The van der Waals surface area contributed by atoms with E-state index in [9.17, 15) is 14.0 Å². The van der Waals surface area contributed by atoms with E-state index in [2.05, 4.69) is 10.3 Å². The lowest BCUT2D eigenvalue weighted by Crippen LogP contribution is -2.25. The van der Waals surface area contributed by atoms with Crippen molar-refractivity contribution in [1.29, 1.82) is 0 Å². The van der Waals surface area contributed by atoms with Crippen LogP contribution in [-0.4, -0.2) is 22.6 Å². The van der Waals surface area contributed by atoms with Crippen molar-refractivity contribution in [2.45, 2.75) is 13.5 Å². The Morgan fingerprint density at radius 3 is 2.41 bits per heavy atom. The van der Waals surface area contributed by atoms with Gasteiger partial charge in [0.25, 0.3) is 11.5 Å². The molecule has 3 aromatic carbocycles. The van der Waals surface area contributed by atoms with Crippen LogP contribution in [0.1, 0.15) is 21.5 Å². The molecule has 0 fully saturated rings. The van der Waals surface area contributed by atoms with E-state index in [4.69, 9.17) is 4.74 Å². The monoisotopic (exact) mass is 431 g/mol. The van der Waals surface area contributed by atoms with E-state index in [-0.39, 0.29) is 34.0 Å². The summed E-state index contributed by atoms with van der Waals surface area (Å²) >= 11 is 0. The maximum atomic E-state index is 13.3. The molecule has 0 aliphatic carbocycles. The highest BCUT2D eigenvalue weighted by Crippen LogP contribution is 2.28. The zero-order chi connectivity index (χ0) is 22.8. The van der Waals surface area contributed by atoms with Gasteiger partial charge in [-0.3, -0.25) is 14.2 Å². The first-order chi connectivity index (χ1) is 15.4. The Morgan fingerprint density at radius 2 is 1.75 bits per heavy atom. The van der Waals surface area contributed by atoms with Crippen molar-refractivity contribution in [3.63, 3.8) is 0 Å². The number of ether oxygens (including phenoxy) is 1. The van der Waals surface area contributed by atoms with Crippen molar-refractivity contribution in [3.8, 4) is 17.1 Å². The Labute approximate surface area is 184 Å². The summed E-state index contributed by atoms with van der Waals surface area (Å²) in [5.41, 5.74) is 2.98. The Bertz CT molecular complexity index is 1360. The molecule has 4 rings (SSSR count). The minimum absolute atomic E-state index is 0.169. The summed E-state index contributed by atoms with van der Waals surface area (Å²) in [6.07, 6.45) is 0. The van der Waals surface area contributed by atoms with Gasteiger partial charge in [0.05, 0.1) is 18.2 Å². The number of hydrogen-bond donors (Lipinski definition) is 1. The van der Waals surface area contributed by atoms with E-state index >= 15 is 0 Å². The minimum Gasteiger partial charge on any atom is -0.495 e. The Morgan fingerprint density at radius 1 is 1.06 bits per heavy atom. The third kappa shape index (κ3) is 3.97. The number of methoxy groups -OCH3 is 1. The molecule has 0 saturated heterocycles. The van der Waals surface area contributed by atoms with Crippen LogP contribution in [0.5, 0.6) is 5.75 Å². The number of carbonyl (C=O) groups is 1. The van der Waals surface area contributed by atoms with E-state index in [1.807, 2.05) is 31.2 Å². The summed E-state index contributed by atoms with van der Waals surface area (Å²) in [5, 5.41) is 3.08. The Hall–Kier alpha value is -4.00. The van der Waals surface area contributed by atoms with E-state index < -0.39 is 0 Å². The molecule has 0 aliphatic rings. The van der Waals surface area contributed by atoms with Crippen molar-refractivity contribution in [1.82, 2.24) is 14.9 Å². The first kappa shape index (κ1) is 21.2. The van der Waals surface area contributed by atoms with Crippen LogP contribution in [0.2, 0.25) is 0 Å². The lowest BCUT2D eigenvalue weighted by Gasteiger charge is -2.14. The number of benzene rings is 3. The van der Waals surface area contributed by atoms with E-state index in [0.29, 0.717) is 23.4 Å². The van der Waals surface area contributed by atoms with Crippen LogP contribution in [0.4, 0.5) is 4.39 Å². The van der Waals surface area contributed by atoms with Gasteiger partial charge in [-0.1, -0.05) is 29.8 Å².